The number of nitrogens with two attached hydrogens (primary N) is 1. The molecule has 1 aliphatic rings. The molecule has 0 atom stereocenters. The van der Waals surface area contributed by atoms with Gasteiger partial charge in [-0.05, 0) is 55.5 Å². The van der Waals surface area contributed by atoms with E-state index in [4.69, 9.17) is 10.7 Å². The number of aromatic nitrogens is 2. The molecule has 7 nitrogen and oxygen atoms in total. The fourth-order valence-corrected chi connectivity index (χ4v) is 5.78. The number of amides is 2. The van der Waals surface area contributed by atoms with Crippen LogP contribution in [0.4, 0.5) is 5.69 Å². The lowest BCUT2D eigenvalue weighted by Gasteiger charge is -2.12. The number of primary amides is 1. The predicted molar refractivity (Wildman–Crippen MR) is 125 cm³/mol. The van der Waals surface area contributed by atoms with Gasteiger partial charge in [-0.3, -0.25) is 19.0 Å². The van der Waals surface area contributed by atoms with Crippen LogP contribution in [0.25, 0.3) is 10.2 Å². The van der Waals surface area contributed by atoms with Crippen LogP contribution in [0.2, 0.25) is 0 Å². The molecule has 9 heteroatoms. The molecule has 0 spiro atoms. The van der Waals surface area contributed by atoms with Gasteiger partial charge in [-0.15, -0.1) is 17.9 Å². The number of anilines is 1. The van der Waals surface area contributed by atoms with E-state index in [0.29, 0.717) is 23.0 Å². The number of rotatable bonds is 7. The number of nitrogens with zero attached hydrogens (tertiary/aromatic N) is 2. The van der Waals surface area contributed by atoms with Crippen molar-refractivity contribution in [2.24, 2.45) is 5.73 Å². The number of benzene rings is 1. The molecule has 0 saturated carbocycles. The first-order valence-corrected chi connectivity index (χ1v) is 11.8. The average molecular weight is 455 g/mol. The lowest BCUT2D eigenvalue weighted by atomic mass is 9.97. The van der Waals surface area contributed by atoms with Crippen LogP contribution >= 0.6 is 23.1 Å². The summed E-state index contributed by atoms with van der Waals surface area (Å²) in [5.41, 5.74) is 7.25. The SMILES string of the molecule is C=CCn1c(SCC(=O)Nc2ccc(C(N)=O)cc2)nc2sc3c(c2c1=O)CCCC3. The number of fused-ring (bicyclic) bond motifs is 3. The van der Waals surface area contributed by atoms with Gasteiger partial charge in [-0.25, -0.2) is 4.98 Å². The molecule has 0 bridgehead atoms. The van der Waals surface area contributed by atoms with Crippen LogP contribution in [0.1, 0.15) is 33.6 Å². The quantitative estimate of drug-likeness (QED) is 0.323. The van der Waals surface area contributed by atoms with Gasteiger partial charge in [0.25, 0.3) is 5.56 Å². The van der Waals surface area contributed by atoms with E-state index in [2.05, 4.69) is 11.9 Å². The highest BCUT2D eigenvalue weighted by molar-refractivity contribution is 7.99. The summed E-state index contributed by atoms with van der Waals surface area (Å²) in [6, 6.07) is 6.36. The van der Waals surface area contributed by atoms with E-state index >= 15 is 0 Å². The lowest BCUT2D eigenvalue weighted by Crippen LogP contribution is -2.24. The highest BCUT2D eigenvalue weighted by Crippen LogP contribution is 2.34. The maximum Gasteiger partial charge on any atom is 0.263 e. The summed E-state index contributed by atoms with van der Waals surface area (Å²) in [7, 11) is 0. The molecule has 31 heavy (non-hydrogen) atoms. The average Bonchev–Trinajstić information content (AvgIpc) is 3.13. The monoisotopic (exact) mass is 454 g/mol. The number of hydrogen-bond donors (Lipinski definition) is 2. The van der Waals surface area contributed by atoms with Crippen LogP contribution in [0.5, 0.6) is 0 Å². The highest BCUT2D eigenvalue weighted by atomic mass is 32.2. The molecule has 3 aromatic rings. The third-order valence-electron chi connectivity index (χ3n) is 5.14. The molecular formula is C22H22N4O3S2. The molecule has 3 N–H and O–H groups in total. The van der Waals surface area contributed by atoms with Crippen LogP contribution in [0.15, 0.2) is 46.9 Å². The Balaban J connectivity index is 1.55. The molecule has 160 valence electrons. The Morgan fingerprint density at radius 1 is 1.26 bits per heavy atom. The smallest absolute Gasteiger partial charge is 0.263 e. The Bertz CT molecular complexity index is 1230. The summed E-state index contributed by atoms with van der Waals surface area (Å²) < 4.78 is 1.59. The second-order valence-electron chi connectivity index (χ2n) is 7.27. The van der Waals surface area contributed by atoms with Crippen LogP contribution in [0, 0.1) is 0 Å². The molecule has 0 unspecified atom stereocenters. The van der Waals surface area contributed by atoms with Gasteiger partial charge in [0, 0.05) is 22.7 Å². The van der Waals surface area contributed by atoms with Gasteiger partial charge in [-0.2, -0.15) is 0 Å². The van der Waals surface area contributed by atoms with E-state index in [9.17, 15) is 14.4 Å². The normalized spacial score (nSPS) is 13.0. The summed E-state index contributed by atoms with van der Waals surface area (Å²) in [6.45, 7) is 4.10. The summed E-state index contributed by atoms with van der Waals surface area (Å²) in [5.74, 6) is -0.662. The van der Waals surface area contributed by atoms with Crippen molar-refractivity contribution in [2.45, 2.75) is 37.4 Å². The van der Waals surface area contributed by atoms with Gasteiger partial charge in [-0.1, -0.05) is 17.8 Å². The van der Waals surface area contributed by atoms with Crippen molar-refractivity contribution >= 4 is 50.8 Å². The second kappa shape index (κ2) is 9.07. The van der Waals surface area contributed by atoms with Crippen molar-refractivity contribution < 1.29 is 9.59 Å². The molecule has 0 aliphatic heterocycles. The van der Waals surface area contributed by atoms with Crippen molar-refractivity contribution in [1.29, 1.82) is 0 Å². The Labute approximate surface area is 187 Å². The zero-order valence-corrected chi connectivity index (χ0v) is 18.5. The van der Waals surface area contributed by atoms with Gasteiger partial charge in [0.05, 0.1) is 11.1 Å². The van der Waals surface area contributed by atoms with Crippen LogP contribution in [0.3, 0.4) is 0 Å². The number of allylic oxidation sites excluding steroid dienone is 1. The van der Waals surface area contributed by atoms with Gasteiger partial charge >= 0.3 is 0 Å². The zero-order valence-electron chi connectivity index (χ0n) is 16.8. The van der Waals surface area contributed by atoms with E-state index in [0.717, 1.165) is 41.5 Å². The molecule has 1 aromatic carbocycles. The van der Waals surface area contributed by atoms with E-state index < -0.39 is 5.91 Å². The van der Waals surface area contributed by atoms with Gasteiger partial charge in [0.1, 0.15) is 4.83 Å². The molecule has 4 rings (SSSR count). The number of thiophene rings is 1. The molecule has 0 saturated heterocycles. The van der Waals surface area contributed by atoms with Gasteiger partial charge in [0.15, 0.2) is 5.16 Å². The number of carbonyl (C=O) groups is 2. The van der Waals surface area contributed by atoms with Crippen molar-refractivity contribution in [3.63, 3.8) is 0 Å². The largest absolute Gasteiger partial charge is 0.366 e. The van der Waals surface area contributed by atoms with Crippen LogP contribution in [-0.4, -0.2) is 27.1 Å². The summed E-state index contributed by atoms with van der Waals surface area (Å²) in [5, 5.41) is 4.01. The minimum Gasteiger partial charge on any atom is -0.366 e. The lowest BCUT2D eigenvalue weighted by molar-refractivity contribution is -0.113. The van der Waals surface area contributed by atoms with Crippen molar-refractivity contribution in [2.75, 3.05) is 11.1 Å². The third kappa shape index (κ3) is 4.42. The number of carbonyl (C=O) groups excluding carboxylic acids is 2. The van der Waals surface area contributed by atoms with E-state index in [-0.39, 0.29) is 17.2 Å². The Morgan fingerprint density at radius 2 is 2.00 bits per heavy atom. The summed E-state index contributed by atoms with van der Waals surface area (Å²) in [6.07, 6.45) is 5.82. The number of aryl methyl sites for hydroxylation is 2. The molecule has 1 aliphatic carbocycles. The fourth-order valence-electron chi connectivity index (χ4n) is 3.67. The summed E-state index contributed by atoms with van der Waals surface area (Å²) in [4.78, 5) is 43.6. The number of thioether (sulfide) groups is 1. The highest BCUT2D eigenvalue weighted by Gasteiger charge is 2.22. The van der Waals surface area contributed by atoms with Crippen molar-refractivity contribution in [3.05, 3.63) is 63.3 Å². The first kappa shape index (κ1) is 21.3. The minimum atomic E-state index is -0.523. The van der Waals surface area contributed by atoms with Gasteiger partial charge < -0.3 is 11.1 Å². The number of nitrogens with one attached hydrogen (secondary N) is 1. The van der Waals surface area contributed by atoms with Crippen molar-refractivity contribution in [3.8, 4) is 0 Å². The topological polar surface area (TPSA) is 107 Å². The van der Waals surface area contributed by atoms with Crippen LogP contribution < -0.4 is 16.6 Å². The summed E-state index contributed by atoms with van der Waals surface area (Å²) >= 11 is 2.82. The first-order chi connectivity index (χ1) is 15.0. The van der Waals surface area contributed by atoms with Crippen molar-refractivity contribution in [1.82, 2.24) is 9.55 Å². The maximum absolute atomic E-state index is 13.2. The Kier molecular flexibility index (Phi) is 6.24. The van der Waals surface area contributed by atoms with E-state index in [1.54, 1.807) is 46.2 Å². The minimum absolute atomic E-state index is 0.0609. The number of hydrogen-bond acceptors (Lipinski definition) is 6. The maximum atomic E-state index is 13.2. The molecule has 2 heterocycles. The van der Waals surface area contributed by atoms with E-state index in [1.807, 2.05) is 0 Å². The fraction of sp³-hybridized carbons (Fsp3) is 0.273. The molecule has 2 amide bonds. The first-order valence-electron chi connectivity index (χ1n) is 9.96. The molecule has 0 fully saturated rings. The molecule has 2 aromatic heterocycles. The second-order valence-corrected chi connectivity index (χ2v) is 9.29. The van der Waals surface area contributed by atoms with Gasteiger partial charge in [0.2, 0.25) is 11.8 Å². The molecule has 0 radical (unpaired) electrons. The molecular weight excluding hydrogens is 432 g/mol. The standard InChI is InChI=1S/C22H22N4O3S2/c1-2-11-26-21(29)18-15-5-3-4-6-16(15)31-20(18)25-22(26)30-12-17(27)24-14-9-7-13(8-10-14)19(23)28/h2,7-10H,1,3-6,11-12H2,(H2,23,28)(H,24,27). The predicted octanol–water partition coefficient (Wildman–Crippen LogP) is 3.35. The Hall–Kier alpha value is -2.91. The van der Waals surface area contributed by atoms with E-state index in [1.165, 1.54) is 16.6 Å². The van der Waals surface area contributed by atoms with Crippen LogP contribution in [-0.2, 0) is 24.2 Å². The zero-order chi connectivity index (χ0) is 22.0. The Morgan fingerprint density at radius 3 is 2.71 bits per heavy atom. The third-order valence-corrected chi connectivity index (χ3v) is 7.30.